The Hall–Kier alpha value is -0.860. The molecule has 4 atom stereocenters. The molecular formula is C17H28N2. The summed E-state index contributed by atoms with van der Waals surface area (Å²) in [5.74, 6) is 0. The van der Waals surface area contributed by atoms with E-state index >= 15 is 0 Å². The van der Waals surface area contributed by atoms with Crippen molar-refractivity contribution in [3.63, 3.8) is 0 Å². The predicted octanol–water partition coefficient (Wildman–Crippen LogP) is 3.73. The largest absolute Gasteiger partial charge is 0.323 e. The van der Waals surface area contributed by atoms with Gasteiger partial charge >= 0.3 is 0 Å². The van der Waals surface area contributed by atoms with Crippen LogP contribution in [0.2, 0.25) is 0 Å². The Morgan fingerprint density at radius 2 is 1.89 bits per heavy atom. The Labute approximate surface area is 118 Å². The van der Waals surface area contributed by atoms with Gasteiger partial charge in [0.25, 0.3) is 0 Å². The summed E-state index contributed by atoms with van der Waals surface area (Å²) in [6.45, 7) is 6.93. The first kappa shape index (κ1) is 14.5. The van der Waals surface area contributed by atoms with Crippen LogP contribution in [-0.2, 0) is 0 Å². The minimum Gasteiger partial charge on any atom is -0.323 e. The van der Waals surface area contributed by atoms with E-state index in [1.54, 1.807) is 0 Å². The van der Waals surface area contributed by atoms with Crippen molar-refractivity contribution in [2.45, 2.75) is 70.6 Å². The third-order valence-electron chi connectivity index (χ3n) is 4.72. The molecule has 0 radical (unpaired) electrons. The summed E-state index contributed by atoms with van der Waals surface area (Å²) < 4.78 is 0. The topological polar surface area (TPSA) is 29.3 Å². The molecule has 0 spiro atoms. The maximum Gasteiger partial charge on any atom is 0.0453 e. The van der Waals surface area contributed by atoms with E-state index in [-0.39, 0.29) is 6.04 Å². The van der Waals surface area contributed by atoms with Crippen molar-refractivity contribution in [1.82, 2.24) is 4.90 Å². The van der Waals surface area contributed by atoms with Crippen molar-refractivity contribution in [3.8, 4) is 0 Å². The lowest BCUT2D eigenvalue weighted by Crippen LogP contribution is -2.48. The molecule has 2 rings (SSSR count). The molecule has 1 aliphatic heterocycles. The molecule has 2 heteroatoms. The molecule has 0 aliphatic carbocycles. The highest BCUT2D eigenvalue weighted by molar-refractivity contribution is 5.20. The van der Waals surface area contributed by atoms with E-state index in [1.165, 1.54) is 24.8 Å². The van der Waals surface area contributed by atoms with Crippen LogP contribution in [-0.4, -0.2) is 23.0 Å². The van der Waals surface area contributed by atoms with Gasteiger partial charge in [-0.05, 0) is 38.2 Å². The van der Waals surface area contributed by atoms with Crippen LogP contribution in [0, 0.1) is 0 Å². The van der Waals surface area contributed by atoms with Gasteiger partial charge in [-0.15, -0.1) is 0 Å². The van der Waals surface area contributed by atoms with Crippen LogP contribution in [0.15, 0.2) is 30.3 Å². The molecule has 1 fully saturated rings. The first-order chi connectivity index (χ1) is 9.19. The SMILES string of the molecule is CCC1CCC(C)N1C(CC)C(N)c1ccccc1. The van der Waals surface area contributed by atoms with Gasteiger partial charge in [0.15, 0.2) is 0 Å². The lowest BCUT2D eigenvalue weighted by Gasteiger charge is -2.39. The number of nitrogens with zero attached hydrogens (tertiary/aromatic N) is 1. The first-order valence-electron chi connectivity index (χ1n) is 7.77. The number of likely N-dealkylation sites (tertiary alicyclic amines) is 1. The van der Waals surface area contributed by atoms with Crippen LogP contribution < -0.4 is 5.73 Å². The van der Waals surface area contributed by atoms with Crippen LogP contribution in [0.5, 0.6) is 0 Å². The Morgan fingerprint density at radius 3 is 2.47 bits per heavy atom. The third-order valence-corrected chi connectivity index (χ3v) is 4.72. The fourth-order valence-corrected chi connectivity index (χ4v) is 3.65. The zero-order valence-electron chi connectivity index (χ0n) is 12.5. The highest BCUT2D eigenvalue weighted by Crippen LogP contribution is 2.33. The van der Waals surface area contributed by atoms with E-state index in [9.17, 15) is 0 Å². The van der Waals surface area contributed by atoms with Crippen molar-refractivity contribution in [1.29, 1.82) is 0 Å². The Balaban J connectivity index is 2.19. The highest BCUT2D eigenvalue weighted by Gasteiger charge is 2.36. The molecule has 19 heavy (non-hydrogen) atoms. The van der Waals surface area contributed by atoms with Gasteiger partial charge in [-0.2, -0.15) is 0 Å². The zero-order valence-corrected chi connectivity index (χ0v) is 12.5. The summed E-state index contributed by atoms with van der Waals surface area (Å²) in [6.07, 6.45) is 5.01. The molecule has 106 valence electrons. The lowest BCUT2D eigenvalue weighted by atomic mass is 9.95. The number of rotatable bonds is 5. The number of benzene rings is 1. The normalized spacial score (nSPS) is 27.4. The second-order valence-electron chi connectivity index (χ2n) is 5.85. The average Bonchev–Trinajstić information content (AvgIpc) is 2.82. The molecule has 0 aromatic heterocycles. The lowest BCUT2D eigenvalue weighted by molar-refractivity contribution is 0.110. The van der Waals surface area contributed by atoms with Gasteiger partial charge in [0, 0.05) is 24.2 Å². The third kappa shape index (κ3) is 3.01. The van der Waals surface area contributed by atoms with Gasteiger partial charge in [-0.3, -0.25) is 4.90 Å². The zero-order chi connectivity index (χ0) is 13.8. The van der Waals surface area contributed by atoms with Gasteiger partial charge in [0.1, 0.15) is 0 Å². The van der Waals surface area contributed by atoms with Crippen molar-refractivity contribution < 1.29 is 0 Å². The van der Waals surface area contributed by atoms with E-state index < -0.39 is 0 Å². The van der Waals surface area contributed by atoms with Gasteiger partial charge < -0.3 is 5.73 Å². The molecular weight excluding hydrogens is 232 g/mol. The molecule has 0 bridgehead atoms. The monoisotopic (exact) mass is 260 g/mol. The van der Waals surface area contributed by atoms with Gasteiger partial charge in [0.05, 0.1) is 0 Å². The number of hydrogen-bond donors (Lipinski definition) is 1. The van der Waals surface area contributed by atoms with Gasteiger partial charge in [0.2, 0.25) is 0 Å². The Bertz CT molecular complexity index is 376. The van der Waals surface area contributed by atoms with Crippen LogP contribution in [0.25, 0.3) is 0 Å². The van der Waals surface area contributed by atoms with Crippen molar-refractivity contribution in [2.24, 2.45) is 5.73 Å². The molecule has 1 aliphatic rings. The minimum atomic E-state index is 0.126. The fourth-order valence-electron chi connectivity index (χ4n) is 3.65. The number of hydrogen-bond acceptors (Lipinski definition) is 2. The van der Waals surface area contributed by atoms with E-state index in [2.05, 4.69) is 56.0 Å². The quantitative estimate of drug-likeness (QED) is 0.874. The van der Waals surface area contributed by atoms with E-state index in [0.29, 0.717) is 12.1 Å². The summed E-state index contributed by atoms with van der Waals surface area (Å²) in [7, 11) is 0. The summed E-state index contributed by atoms with van der Waals surface area (Å²) in [5, 5.41) is 0. The van der Waals surface area contributed by atoms with Crippen LogP contribution >= 0.6 is 0 Å². The average molecular weight is 260 g/mol. The maximum absolute atomic E-state index is 6.57. The smallest absolute Gasteiger partial charge is 0.0453 e. The Morgan fingerprint density at radius 1 is 1.21 bits per heavy atom. The Kier molecular flexibility index (Phi) is 5.00. The molecule has 1 heterocycles. The van der Waals surface area contributed by atoms with E-state index in [0.717, 1.165) is 12.5 Å². The second-order valence-corrected chi connectivity index (χ2v) is 5.85. The van der Waals surface area contributed by atoms with Gasteiger partial charge in [-0.25, -0.2) is 0 Å². The first-order valence-corrected chi connectivity index (χ1v) is 7.77. The van der Waals surface area contributed by atoms with Crippen molar-refractivity contribution >= 4 is 0 Å². The molecule has 2 N–H and O–H groups in total. The molecule has 1 aromatic rings. The molecule has 4 unspecified atom stereocenters. The second kappa shape index (κ2) is 6.53. The molecule has 0 saturated carbocycles. The van der Waals surface area contributed by atoms with E-state index in [4.69, 9.17) is 5.73 Å². The molecule has 1 aromatic carbocycles. The van der Waals surface area contributed by atoms with Gasteiger partial charge in [-0.1, -0.05) is 44.2 Å². The van der Waals surface area contributed by atoms with Crippen LogP contribution in [0.4, 0.5) is 0 Å². The number of nitrogens with two attached hydrogens (primary N) is 1. The van der Waals surface area contributed by atoms with Crippen LogP contribution in [0.3, 0.4) is 0 Å². The van der Waals surface area contributed by atoms with Crippen LogP contribution in [0.1, 0.15) is 58.1 Å². The van der Waals surface area contributed by atoms with E-state index in [1.807, 2.05) is 0 Å². The maximum atomic E-state index is 6.57. The molecule has 2 nitrogen and oxygen atoms in total. The predicted molar refractivity (Wildman–Crippen MR) is 82.1 cm³/mol. The minimum absolute atomic E-state index is 0.126. The summed E-state index contributed by atoms with van der Waals surface area (Å²) in [5.41, 5.74) is 7.83. The molecule has 1 saturated heterocycles. The fraction of sp³-hybridized carbons (Fsp3) is 0.647. The van der Waals surface area contributed by atoms with Crippen molar-refractivity contribution in [3.05, 3.63) is 35.9 Å². The summed E-state index contributed by atoms with van der Waals surface area (Å²) >= 11 is 0. The summed E-state index contributed by atoms with van der Waals surface area (Å²) in [4.78, 5) is 2.69. The summed E-state index contributed by atoms with van der Waals surface area (Å²) in [6, 6.07) is 12.5. The van der Waals surface area contributed by atoms with Crippen molar-refractivity contribution in [2.75, 3.05) is 0 Å². The molecule has 0 amide bonds. The highest BCUT2D eigenvalue weighted by atomic mass is 15.2. The standard InChI is InChI=1S/C17H28N2/c1-4-15-12-11-13(3)19(15)16(5-2)17(18)14-9-7-6-8-10-14/h6-10,13,15-17H,4-5,11-12,18H2,1-3H3.